The number of carbonyl (C=O) groups excluding carboxylic acids is 1. The van der Waals surface area contributed by atoms with Gasteiger partial charge in [-0.3, -0.25) is 19.1 Å². The lowest BCUT2D eigenvalue weighted by molar-refractivity contribution is 0.101. The first-order valence-electron chi connectivity index (χ1n) is 9.32. The summed E-state index contributed by atoms with van der Waals surface area (Å²) in [6, 6.07) is 9.06. The Hall–Kier alpha value is -4.25. The molecule has 4 aromatic rings. The summed E-state index contributed by atoms with van der Waals surface area (Å²) < 4.78 is 20.2. The molecule has 31 heavy (non-hydrogen) atoms. The number of furan rings is 1. The Labute approximate surface area is 175 Å². The van der Waals surface area contributed by atoms with Crippen LogP contribution in [0.5, 0.6) is 5.88 Å². The van der Waals surface area contributed by atoms with Gasteiger partial charge in [-0.15, -0.1) is 0 Å². The van der Waals surface area contributed by atoms with Crippen molar-refractivity contribution in [3.63, 3.8) is 0 Å². The van der Waals surface area contributed by atoms with E-state index in [9.17, 15) is 24.3 Å². The number of hydrogen-bond donors (Lipinski definition) is 1. The van der Waals surface area contributed by atoms with Gasteiger partial charge in [0, 0.05) is 23.3 Å². The molecule has 0 amide bonds. The SMILES string of the molecule is Cc1c(C(=O)c2oc3ccc(F)cc3c2C)c(O)n(Cc2cccnc2)c(=O)c1C#N. The third-order valence-electron chi connectivity index (χ3n) is 5.20. The number of pyridine rings is 2. The summed E-state index contributed by atoms with van der Waals surface area (Å²) in [6.45, 7) is 2.93. The van der Waals surface area contributed by atoms with Crippen LogP contribution in [0.25, 0.3) is 11.0 Å². The smallest absolute Gasteiger partial charge is 0.271 e. The van der Waals surface area contributed by atoms with Gasteiger partial charge in [0.1, 0.15) is 23.0 Å². The molecule has 3 heterocycles. The van der Waals surface area contributed by atoms with Crippen LogP contribution in [0.1, 0.15) is 38.4 Å². The highest BCUT2D eigenvalue weighted by molar-refractivity contribution is 6.12. The highest BCUT2D eigenvalue weighted by atomic mass is 19.1. The first-order valence-corrected chi connectivity index (χ1v) is 9.32. The zero-order chi connectivity index (χ0) is 22.3. The Morgan fingerprint density at radius 3 is 2.74 bits per heavy atom. The Bertz CT molecular complexity index is 1450. The highest BCUT2D eigenvalue weighted by Gasteiger charge is 2.28. The van der Waals surface area contributed by atoms with E-state index in [1.165, 1.54) is 31.3 Å². The average Bonchev–Trinajstić information content (AvgIpc) is 3.08. The average molecular weight is 417 g/mol. The zero-order valence-corrected chi connectivity index (χ0v) is 16.6. The zero-order valence-electron chi connectivity index (χ0n) is 16.6. The number of hydrogen-bond acceptors (Lipinski definition) is 6. The van der Waals surface area contributed by atoms with Crippen LogP contribution in [0.2, 0.25) is 0 Å². The Morgan fingerprint density at radius 2 is 2.06 bits per heavy atom. The number of benzene rings is 1. The van der Waals surface area contributed by atoms with E-state index in [1.807, 2.05) is 6.07 Å². The molecular weight excluding hydrogens is 401 g/mol. The van der Waals surface area contributed by atoms with Crippen LogP contribution >= 0.6 is 0 Å². The van der Waals surface area contributed by atoms with Crippen LogP contribution in [-0.2, 0) is 6.54 Å². The lowest BCUT2D eigenvalue weighted by atomic mass is 9.98. The fourth-order valence-corrected chi connectivity index (χ4v) is 3.57. The minimum Gasteiger partial charge on any atom is -0.494 e. The third kappa shape index (κ3) is 3.26. The maximum absolute atomic E-state index is 13.6. The lowest BCUT2D eigenvalue weighted by Crippen LogP contribution is -2.27. The summed E-state index contributed by atoms with van der Waals surface area (Å²) in [4.78, 5) is 30.1. The number of nitriles is 1. The second-order valence-corrected chi connectivity index (χ2v) is 7.09. The van der Waals surface area contributed by atoms with Crippen molar-refractivity contribution < 1.29 is 18.7 Å². The third-order valence-corrected chi connectivity index (χ3v) is 5.20. The van der Waals surface area contributed by atoms with Crippen molar-refractivity contribution >= 4 is 16.8 Å². The maximum atomic E-state index is 13.6. The molecular formula is C23H16FN3O4. The summed E-state index contributed by atoms with van der Waals surface area (Å²) in [6.07, 6.45) is 3.07. The van der Waals surface area contributed by atoms with Gasteiger partial charge in [0.2, 0.25) is 11.7 Å². The summed E-state index contributed by atoms with van der Waals surface area (Å²) in [5.74, 6) is -1.87. The molecule has 0 saturated heterocycles. The molecule has 1 N–H and O–H groups in total. The summed E-state index contributed by atoms with van der Waals surface area (Å²) >= 11 is 0. The van der Waals surface area contributed by atoms with Crippen molar-refractivity contribution in [3.05, 3.63) is 92.5 Å². The summed E-state index contributed by atoms with van der Waals surface area (Å²) in [7, 11) is 0. The Kier molecular flexibility index (Phi) is 4.87. The first-order chi connectivity index (χ1) is 14.8. The highest BCUT2D eigenvalue weighted by Crippen LogP contribution is 2.31. The second-order valence-electron chi connectivity index (χ2n) is 7.09. The Balaban J connectivity index is 1.93. The van der Waals surface area contributed by atoms with Crippen LogP contribution in [0.15, 0.2) is 51.9 Å². The van der Waals surface area contributed by atoms with Crippen LogP contribution in [-0.4, -0.2) is 20.4 Å². The molecule has 3 aromatic heterocycles. The van der Waals surface area contributed by atoms with Crippen LogP contribution in [0, 0.1) is 31.0 Å². The van der Waals surface area contributed by atoms with E-state index < -0.39 is 23.0 Å². The molecule has 0 bridgehead atoms. The molecule has 154 valence electrons. The summed E-state index contributed by atoms with van der Waals surface area (Å²) in [5.41, 5.74) is 0.143. The quantitative estimate of drug-likeness (QED) is 0.508. The molecule has 0 aliphatic rings. The molecule has 0 aliphatic heterocycles. The van der Waals surface area contributed by atoms with Crippen molar-refractivity contribution in [2.45, 2.75) is 20.4 Å². The summed E-state index contributed by atoms with van der Waals surface area (Å²) in [5, 5.41) is 20.8. The van der Waals surface area contributed by atoms with Crippen molar-refractivity contribution in [1.82, 2.24) is 9.55 Å². The molecule has 0 saturated carbocycles. The van der Waals surface area contributed by atoms with Gasteiger partial charge in [-0.05, 0) is 49.2 Å². The van der Waals surface area contributed by atoms with Gasteiger partial charge in [-0.25, -0.2) is 4.39 Å². The number of aromatic nitrogens is 2. The van der Waals surface area contributed by atoms with E-state index in [2.05, 4.69) is 4.98 Å². The fourth-order valence-electron chi connectivity index (χ4n) is 3.57. The van der Waals surface area contributed by atoms with Crippen LogP contribution in [0.4, 0.5) is 4.39 Å². The van der Waals surface area contributed by atoms with Crippen molar-refractivity contribution in [2.24, 2.45) is 0 Å². The molecule has 0 atom stereocenters. The van der Waals surface area contributed by atoms with E-state index >= 15 is 0 Å². The first kappa shape index (κ1) is 20.0. The number of carbonyl (C=O) groups is 1. The number of halogens is 1. The maximum Gasteiger partial charge on any atom is 0.271 e. The molecule has 8 heteroatoms. The van der Waals surface area contributed by atoms with E-state index in [4.69, 9.17) is 4.42 Å². The van der Waals surface area contributed by atoms with E-state index in [-0.39, 0.29) is 29.0 Å². The van der Waals surface area contributed by atoms with Crippen molar-refractivity contribution in [3.8, 4) is 11.9 Å². The van der Waals surface area contributed by atoms with E-state index in [0.717, 1.165) is 4.57 Å². The largest absolute Gasteiger partial charge is 0.494 e. The van der Waals surface area contributed by atoms with Gasteiger partial charge in [-0.1, -0.05) is 6.07 Å². The van der Waals surface area contributed by atoms with E-state index in [1.54, 1.807) is 25.3 Å². The number of nitrogens with zero attached hydrogens (tertiary/aromatic N) is 3. The molecule has 4 rings (SSSR count). The number of aromatic hydroxyl groups is 1. The molecule has 1 aromatic carbocycles. The molecule has 0 fully saturated rings. The molecule has 0 spiro atoms. The van der Waals surface area contributed by atoms with Gasteiger partial charge in [0.05, 0.1) is 12.1 Å². The monoisotopic (exact) mass is 417 g/mol. The molecule has 0 unspecified atom stereocenters. The second kappa shape index (κ2) is 7.54. The van der Waals surface area contributed by atoms with Gasteiger partial charge >= 0.3 is 0 Å². The van der Waals surface area contributed by atoms with Gasteiger partial charge < -0.3 is 9.52 Å². The van der Waals surface area contributed by atoms with Crippen LogP contribution in [0.3, 0.4) is 0 Å². The lowest BCUT2D eigenvalue weighted by Gasteiger charge is -2.15. The molecule has 0 radical (unpaired) electrons. The predicted octanol–water partition coefficient (Wildman–Crippen LogP) is 3.60. The number of ketones is 1. The molecule has 0 aliphatic carbocycles. The minimum absolute atomic E-state index is 0.0449. The van der Waals surface area contributed by atoms with Gasteiger partial charge in [-0.2, -0.15) is 5.26 Å². The topological polar surface area (TPSA) is 109 Å². The van der Waals surface area contributed by atoms with Crippen LogP contribution < -0.4 is 5.56 Å². The normalized spacial score (nSPS) is 10.9. The fraction of sp³-hybridized carbons (Fsp3) is 0.130. The predicted molar refractivity (Wildman–Crippen MR) is 109 cm³/mol. The van der Waals surface area contributed by atoms with Crippen molar-refractivity contribution in [2.75, 3.05) is 0 Å². The number of rotatable bonds is 4. The number of aryl methyl sites for hydroxylation is 1. The van der Waals surface area contributed by atoms with E-state index in [0.29, 0.717) is 22.1 Å². The van der Waals surface area contributed by atoms with Gasteiger partial charge in [0.25, 0.3) is 5.56 Å². The van der Waals surface area contributed by atoms with Gasteiger partial charge in [0.15, 0.2) is 5.76 Å². The minimum atomic E-state index is -0.721. The standard InChI is InChI=1S/C23H16FN3O4/c1-12-17(9-25)22(29)27(11-14-4-3-7-26-10-14)23(30)19(12)20(28)21-13(2)16-8-15(24)5-6-18(16)31-21/h3-8,10,30H,11H2,1-2H3. The molecule has 7 nitrogen and oxygen atoms in total. The number of fused-ring (bicyclic) bond motifs is 1. The Morgan fingerprint density at radius 1 is 1.29 bits per heavy atom. The van der Waals surface area contributed by atoms with Crippen molar-refractivity contribution in [1.29, 1.82) is 5.26 Å².